The molecule has 0 radical (unpaired) electrons. The van der Waals surface area contributed by atoms with Crippen LogP contribution in [-0.2, 0) is 4.79 Å². The van der Waals surface area contributed by atoms with Gasteiger partial charge < -0.3 is 15.5 Å². The van der Waals surface area contributed by atoms with Crippen LogP contribution in [0.15, 0.2) is 29.0 Å². The summed E-state index contributed by atoms with van der Waals surface area (Å²) in [6, 6.07) is 3.46. The monoisotopic (exact) mass is 287 g/mol. The Kier molecular flexibility index (Phi) is 3.68. The molecule has 0 saturated heterocycles. The first-order chi connectivity index (χ1) is 10.1. The van der Waals surface area contributed by atoms with Crippen LogP contribution < -0.4 is 11.1 Å². The number of carbonyl (C=O) groups excluding carboxylic acids is 1. The van der Waals surface area contributed by atoms with Crippen molar-refractivity contribution in [1.82, 2.24) is 4.98 Å². The van der Waals surface area contributed by atoms with Crippen molar-refractivity contribution in [2.24, 2.45) is 11.1 Å². The van der Waals surface area contributed by atoms with E-state index < -0.39 is 5.41 Å². The highest BCUT2D eigenvalue weighted by molar-refractivity contribution is 6.02. The Morgan fingerprint density at radius 3 is 2.86 bits per heavy atom. The Balaban J connectivity index is 1.89. The minimum atomic E-state index is -0.461. The highest BCUT2D eigenvalue weighted by atomic mass is 16.3. The van der Waals surface area contributed by atoms with Crippen LogP contribution in [0.5, 0.6) is 0 Å². The van der Waals surface area contributed by atoms with Crippen LogP contribution in [0.2, 0.25) is 0 Å². The minimum Gasteiger partial charge on any atom is -0.446 e. The topological polar surface area (TPSA) is 81.2 Å². The molecule has 1 unspecified atom stereocenters. The van der Waals surface area contributed by atoms with Crippen LogP contribution in [0.1, 0.15) is 39.0 Å². The molecule has 1 amide bonds. The van der Waals surface area contributed by atoms with E-state index in [0.717, 1.165) is 36.8 Å². The fourth-order valence-corrected chi connectivity index (χ4v) is 3.30. The first kappa shape index (κ1) is 14.1. The number of nitrogens with zero attached hydrogens (tertiary/aromatic N) is 1. The van der Waals surface area contributed by atoms with Crippen LogP contribution in [0, 0.1) is 5.41 Å². The second kappa shape index (κ2) is 5.48. The standard InChI is InChI=1S/C16H21N3O2/c1-11(17)16(7-3-2-4-8-16)15(20)19-13-5-9-18-14-12(13)6-10-21-14/h5-6,9-11H,2-4,7-8,17H2,1H3,(H,18,19,20). The molecule has 112 valence electrons. The zero-order chi connectivity index (χ0) is 14.9. The van der Waals surface area contributed by atoms with Gasteiger partial charge in [-0.25, -0.2) is 4.98 Å². The van der Waals surface area contributed by atoms with Crippen molar-refractivity contribution >= 4 is 22.7 Å². The number of anilines is 1. The summed E-state index contributed by atoms with van der Waals surface area (Å²) in [5.41, 5.74) is 6.97. The van der Waals surface area contributed by atoms with Crippen molar-refractivity contribution in [3.05, 3.63) is 24.6 Å². The van der Waals surface area contributed by atoms with Crippen molar-refractivity contribution in [2.45, 2.75) is 45.1 Å². The van der Waals surface area contributed by atoms with Crippen LogP contribution in [0.25, 0.3) is 11.1 Å². The first-order valence-electron chi connectivity index (χ1n) is 7.53. The van der Waals surface area contributed by atoms with E-state index >= 15 is 0 Å². The molecular weight excluding hydrogens is 266 g/mol. The third kappa shape index (κ3) is 2.42. The van der Waals surface area contributed by atoms with Crippen LogP contribution >= 0.6 is 0 Å². The summed E-state index contributed by atoms with van der Waals surface area (Å²) >= 11 is 0. The summed E-state index contributed by atoms with van der Waals surface area (Å²) in [6.07, 6.45) is 8.24. The van der Waals surface area contributed by atoms with Crippen molar-refractivity contribution in [1.29, 1.82) is 0 Å². The molecule has 0 bridgehead atoms. The molecule has 0 aromatic carbocycles. The van der Waals surface area contributed by atoms with E-state index in [1.165, 1.54) is 6.42 Å². The lowest BCUT2D eigenvalue weighted by Crippen LogP contribution is -2.49. The Hall–Kier alpha value is -1.88. The summed E-state index contributed by atoms with van der Waals surface area (Å²) in [4.78, 5) is 17.0. The maximum absolute atomic E-state index is 12.9. The van der Waals surface area contributed by atoms with E-state index in [1.54, 1.807) is 18.5 Å². The molecule has 1 atom stereocenters. The summed E-state index contributed by atoms with van der Waals surface area (Å²) in [6.45, 7) is 1.94. The number of furan rings is 1. The fourth-order valence-electron chi connectivity index (χ4n) is 3.30. The Labute approximate surface area is 123 Å². The second-order valence-electron chi connectivity index (χ2n) is 5.96. The van der Waals surface area contributed by atoms with Crippen molar-refractivity contribution in [3.63, 3.8) is 0 Å². The molecule has 21 heavy (non-hydrogen) atoms. The number of nitrogens with one attached hydrogen (secondary N) is 1. The number of pyridine rings is 1. The molecule has 0 aliphatic heterocycles. The predicted octanol–water partition coefficient (Wildman–Crippen LogP) is 3.06. The van der Waals surface area contributed by atoms with Crippen LogP contribution in [0.4, 0.5) is 5.69 Å². The van der Waals surface area contributed by atoms with Crippen molar-refractivity contribution in [3.8, 4) is 0 Å². The molecular formula is C16H21N3O2. The SMILES string of the molecule is CC(N)C1(C(=O)Nc2ccnc3occc23)CCCCC1. The van der Waals surface area contributed by atoms with Gasteiger partial charge >= 0.3 is 0 Å². The largest absolute Gasteiger partial charge is 0.446 e. The minimum absolute atomic E-state index is 0.0194. The lowest BCUT2D eigenvalue weighted by atomic mass is 9.69. The number of rotatable bonds is 3. The molecule has 2 aromatic rings. The van der Waals surface area contributed by atoms with Gasteiger partial charge in [0.2, 0.25) is 11.6 Å². The van der Waals surface area contributed by atoms with E-state index in [4.69, 9.17) is 10.2 Å². The lowest BCUT2D eigenvalue weighted by Gasteiger charge is -2.39. The van der Waals surface area contributed by atoms with Gasteiger partial charge in [-0.3, -0.25) is 4.79 Å². The van der Waals surface area contributed by atoms with Gasteiger partial charge in [-0.1, -0.05) is 19.3 Å². The Morgan fingerprint density at radius 2 is 2.14 bits per heavy atom. The van der Waals surface area contributed by atoms with Gasteiger partial charge in [-0.2, -0.15) is 0 Å². The highest BCUT2D eigenvalue weighted by Crippen LogP contribution is 2.40. The number of hydrogen-bond acceptors (Lipinski definition) is 4. The predicted molar refractivity (Wildman–Crippen MR) is 81.8 cm³/mol. The first-order valence-corrected chi connectivity index (χ1v) is 7.53. The number of nitrogens with two attached hydrogens (primary N) is 1. The van der Waals surface area contributed by atoms with Gasteiger partial charge in [0, 0.05) is 12.2 Å². The quantitative estimate of drug-likeness (QED) is 0.909. The van der Waals surface area contributed by atoms with Crippen LogP contribution in [0.3, 0.4) is 0 Å². The molecule has 5 heteroatoms. The summed E-state index contributed by atoms with van der Waals surface area (Å²) in [5.74, 6) is 0.0194. The van der Waals surface area contributed by atoms with Gasteiger partial charge in [0.05, 0.1) is 22.8 Å². The smallest absolute Gasteiger partial charge is 0.232 e. The van der Waals surface area contributed by atoms with Gasteiger partial charge in [-0.05, 0) is 31.9 Å². The van der Waals surface area contributed by atoms with E-state index in [0.29, 0.717) is 5.71 Å². The second-order valence-corrected chi connectivity index (χ2v) is 5.96. The molecule has 5 nitrogen and oxygen atoms in total. The molecule has 1 fully saturated rings. The Bertz CT molecular complexity index is 642. The van der Waals surface area contributed by atoms with Gasteiger partial charge in [0.15, 0.2) is 0 Å². The zero-order valence-electron chi connectivity index (χ0n) is 12.3. The van der Waals surface area contributed by atoms with Crippen molar-refractivity contribution < 1.29 is 9.21 Å². The van der Waals surface area contributed by atoms with Crippen molar-refractivity contribution in [2.75, 3.05) is 5.32 Å². The molecule has 0 spiro atoms. The average Bonchev–Trinajstić information content (AvgIpc) is 2.97. The number of carbonyl (C=O) groups is 1. The molecule has 1 aliphatic rings. The summed E-state index contributed by atoms with van der Waals surface area (Å²) in [7, 11) is 0. The molecule has 2 heterocycles. The number of hydrogen-bond donors (Lipinski definition) is 2. The molecule has 1 aliphatic carbocycles. The molecule has 1 saturated carbocycles. The van der Waals surface area contributed by atoms with Gasteiger partial charge in [0.1, 0.15) is 0 Å². The van der Waals surface area contributed by atoms with E-state index in [2.05, 4.69) is 10.3 Å². The molecule has 2 aromatic heterocycles. The fraction of sp³-hybridized carbons (Fsp3) is 0.500. The summed E-state index contributed by atoms with van der Waals surface area (Å²) in [5, 5.41) is 3.86. The third-order valence-corrected chi connectivity index (χ3v) is 4.69. The summed E-state index contributed by atoms with van der Waals surface area (Å²) < 4.78 is 5.27. The van der Waals surface area contributed by atoms with Gasteiger partial charge in [-0.15, -0.1) is 0 Å². The molecule has 3 N–H and O–H groups in total. The maximum atomic E-state index is 12.9. The van der Waals surface area contributed by atoms with Crippen LogP contribution in [-0.4, -0.2) is 16.9 Å². The zero-order valence-corrected chi connectivity index (χ0v) is 12.3. The van der Waals surface area contributed by atoms with E-state index in [9.17, 15) is 4.79 Å². The molecule has 3 rings (SSSR count). The number of fused-ring (bicyclic) bond motifs is 1. The van der Waals surface area contributed by atoms with Gasteiger partial charge in [0.25, 0.3) is 0 Å². The maximum Gasteiger partial charge on any atom is 0.232 e. The van der Waals surface area contributed by atoms with E-state index in [1.807, 2.05) is 13.0 Å². The normalized spacial score (nSPS) is 19.3. The highest BCUT2D eigenvalue weighted by Gasteiger charge is 2.42. The van der Waals surface area contributed by atoms with E-state index in [-0.39, 0.29) is 11.9 Å². The third-order valence-electron chi connectivity index (χ3n) is 4.69. The number of aromatic nitrogens is 1. The Morgan fingerprint density at radius 1 is 1.38 bits per heavy atom. The average molecular weight is 287 g/mol. The lowest BCUT2D eigenvalue weighted by molar-refractivity contribution is -0.128. The number of amides is 1.